The Morgan fingerprint density at radius 2 is 2.00 bits per heavy atom. The molecule has 2 N–H and O–H groups in total. The minimum Gasteiger partial charge on any atom is -0.496 e. The van der Waals surface area contributed by atoms with Crippen molar-refractivity contribution in [1.29, 1.82) is 0 Å². The van der Waals surface area contributed by atoms with Gasteiger partial charge < -0.3 is 10.5 Å². The van der Waals surface area contributed by atoms with Crippen molar-refractivity contribution >= 4 is 11.6 Å². The highest BCUT2D eigenvalue weighted by molar-refractivity contribution is 6.31. The third-order valence-corrected chi connectivity index (χ3v) is 2.24. The Bertz CT molecular complexity index is 365. The molecule has 0 radical (unpaired) electrons. The van der Waals surface area contributed by atoms with E-state index in [1.807, 2.05) is 0 Å². The van der Waals surface area contributed by atoms with Gasteiger partial charge in [0.2, 0.25) is 0 Å². The van der Waals surface area contributed by atoms with Crippen LogP contribution in [-0.2, 0) is 12.7 Å². The van der Waals surface area contributed by atoms with Crippen LogP contribution in [0.5, 0.6) is 5.75 Å². The van der Waals surface area contributed by atoms with Gasteiger partial charge in [0.15, 0.2) is 0 Å². The Kier molecular flexibility index (Phi) is 3.46. The molecule has 0 aliphatic rings. The van der Waals surface area contributed by atoms with E-state index in [1.165, 1.54) is 7.11 Å². The Morgan fingerprint density at radius 3 is 2.40 bits per heavy atom. The number of ether oxygens (including phenoxy) is 1. The van der Waals surface area contributed by atoms with Crippen LogP contribution in [-0.4, -0.2) is 7.11 Å². The number of methoxy groups -OCH3 is 1. The topological polar surface area (TPSA) is 35.2 Å². The van der Waals surface area contributed by atoms with E-state index in [4.69, 9.17) is 22.1 Å². The number of halogens is 4. The van der Waals surface area contributed by atoms with E-state index in [0.717, 1.165) is 12.1 Å². The molecule has 0 saturated carbocycles. The lowest BCUT2D eigenvalue weighted by Gasteiger charge is -2.13. The predicted molar refractivity (Wildman–Crippen MR) is 50.9 cm³/mol. The van der Waals surface area contributed by atoms with Gasteiger partial charge in [-0.15, -0.1) is 0 Å². The van der Waals surface area contributed by atoms with Crippen molar-refractivity contribution in [2.24, 2.45) is 5.73 Å². The van der Waals surface area contributed by atoms with E-state index in [0.29, 0.717) is 5.56 Å². The lowest BCUT2D eigenvalue weighted by atomic mass is 10.1. The van der Waals surface area contributed by atoms with E-state index in [9.17, 15) is 13.2 Å². The van der Waals surface area contributed by atoms with Gasteiger partial charge in [0, 0.05) is 17.1 Å². The van der Waals surface area contributed by atoms with Crippen molar-refractivity contribution < 1.29 is 17.9 Å². The Hall–Kier alpha value is -0.940. The van der Waals surface area contributed by atoms with Gasteiger partial charge >= 0.3 is 6.18 Å². The summed E-state index contributed by atoms with van der Waals surface area (Å²) in [6.07, 6.45) is -4.44. The van der Waals surface area contributed by atoms with Crippen molar-refractivity contribution in [3.05, 3.63) is 28.3 Å². The lowest BCUT2D eigenvalue weighted by molar-refractivity contribution is -0.137. The molecule has 0 aromatic heterocycles. The largest absolute Gasteiger partial charge is 0.496 e. The van der Waals surface area contributed by atoms with Gasteiger partial charge in [0.1, 0.15) is 5.75 Å². The summed E-state index contributed by atoms with van der Waals surface area (Å²) < 4.78 is 41.9. The smallest absolute Gasteiger partial charge is 0.416 e. The van der Waals surface area contributed by atoms with Gasteiger partial charge in [-0.25, -0.2) is 0 Å². The summed E-state index contributed by atoms with van der Waals surface area (Å²) in [6.45, 7) is 0.0279. The second kappa shape index (κ2) is 4.28. The van der Waals surface area contributed by atoms with Gasteiger partial charge in [-0.1, -0.05) is 11.6 Å². The molecule has 0 fully saturated rings. The maximum atomic E-state index is 12.4. The fourth-order valence-corrected chi connectivity index (χ4v) is 1.44. The van der Waals surface area contributed by atoms with E-state index in [2.05, 4.69) is 0 Å². The number of rotatable bonds is 2. The number of hydrogen-bond acceptors (Lipinski definition) is 2. The first-order chi connectivity index (χ1) is 6.90. The molecule has 1 rings (SSSR count). The zero-order valence-corrected chi connectivity index (χ0v) is 8.62. The highest BCUT2D eigenvalue weighted by Crippen LogP contribution is 2.36. The van der Waals surface area contributed by atoms with Crippen molar-refractivity contribution in [1.82, 2.24) is 0 Å². The highest BCUT2D eigenvalue weighted by atomic mass is 35.5. The minimum absolute atomic E-state index is 0.0279. The SMILES string of the molecule is COc1cc(C(F)(F)F)cc(Cl)c1CN. The number of hydrogen-bond donors (Lipinski definition) is 1. The van der Waals surface area contributed by atoms with Crippen LogP contribution in [0, 0.1) is 0 Å². The summed E-state index contributed by atoms with van der Waals surface area (Å²) in [5.41, 5.74) is 4.86. The molecule has 0 bridgehead atoms. The average molecular weight is 240 g/mol. The van der Waals surface area contributed by atoms with Crippen LogP contribution >= 0.6 is 11.6 Å². The van der Waals surface area contributed by atoms with Gasteiger partial charge in [-0.3, -0.25) is 0 Å². The van der Waals surface area contributed by atoms with Crippen molar-refractivity contribution in [2.75, 3.05) is 7.11 Å². The molecular weight excluding hydrogens is 231 g/mol. The van der Waals surface area contributed by atoms with Crippen LogP contribution in [0.25, 0.3) is 0 Å². The van der Waals surface area contributed by atoms with E-state index in [1.54, 1.807) is 0 Å². The van der Waals surface area contributed by atoms with Crippen LogP contribution in [0.15, 0.2) is 12.1 Å². The van der Waals surface area contributed by atoms with Crippen LogP contribution in [0.3, 0.4) is 0 Å². The maximum absolute atomic E-state index is 12.4. The van der Waals surface area contributed by atoms with Crippen molar-refractivity contribution in [2.45, 2.75) is 12.7 Å². The summed E-state index contributed by atoms with van der Waals surface area (Å²) in [5, 5.41) is -0.0378. The van der Waals surface area contributed by atoms with Gasteiger partial charge in [-0.05, 0) is 12.1 Å². The molecule has 0 heterocycles. The monoisotopic (exact) mass is 239 g/mol. The zero-order valence-electron chi connectivity index (χ0n) is 7.86. The fourth-order valence-electron chi connectivity index (χ4n) is 1.16. The van der Waals surface area contributed by atoms with E-state index >= 15 is 0 Å². The van der Waals surface area contributed by atoms with Gasteiger partial charge in [0.05, 0.1) is 12.7 Å². The molecule has 0 atom stereocenters. The first kappa shape index (κ1) is 12.1. The molecular formula is C9H9ClF3NO. The fraction of sp³-hybridized carbons (Fsp3) is 0.333. The molecule has 1 aromatic carbocycles. The molecule has 15 heavy (non-hydrogen) atoms. The zero-order chi connectivity index (χ0) is 11.6. The van der Waals surface area contributed by atoms with Crippen molar-refractivity contribution in [3.63, 3.8) is 0 Å². The summed E-state index contributed by atoms with van der Waals surface area (Å²) in [6, 6.07) is 1.72. The first-order valence-corrected chi connectivity index (χ1v) is 4.41. The van der Waals surface area contributed by atoms with Gasteiger partial charge in [-0.2, -0.15) is 13.2 Å². The van der Waals surface area contributed by atoms with Crippen molar-refractivity contribution in [3.8, 4) is 5.75 Å². The Morgan fingerprint density at radius 1 is 1.40 bits per heavy atom. The molecule has 6 heteroatoms. The van der Waals surface area contributed by atoms with E-state index in [-0.39, 0.29) is 17.3 Å². The average Bonchev–Trinajstić information content (AvgIpc) is 2.15. The maximum Gasteiger partial charge on any atom is 0.416 e. The molecule has 0 unspecified atom stereocenters. The van der Waals surface area contributed by atoms with Crippen LogP contribution in [0.4, 0.5) is 13.2 Å². The highest BCUT2D eigenvalue weighted by Gasteiger charge is 2.32. The standard InChI is InChI=1S/C9H9ClF3NO/c1-15-8-3-5(9(11,12)13)2-7(10)6(8)4-14/h2-3H,4,14H2,1H3. The van der Waals surface area contributed by atoms with E-state index < -0.39 is 11.7 Å². The predicted octanol–water partition coefficient (Wildman–Crippen LogP) is 2.83. The molecule has 0 aliphatic carbocycles. The third-order valence-electron chi connectivity index (χ3n) is 1.91. The lowest BCUT2D eigenvalue weighted by Crippen LogP contribution is -2.08. The third kappa shape index (κ3) is 2.54. The molecule has 0 saturated heterocycles. The molecule has 0 spiro atoms. The van der Waals surface area contributed by atoms with Gasteiger partial charge in [0.25, 0.3) is 0 Å². The second-order valence-electron chi connectivity index (χ2n) is 2.84. The summed E-state index contributed by atoms with van der Waals surface area (Å²) in [5.74, 6) is 0.0531. The summed E-state index contributed by atoms with van der Waals surface area (Å²) in [7, 11) is 1.27. The summed E-state index contributed by atoms with van der Waals surface area (Å²) in [4.78, 5) is 0. The second-order valence-corrected chi connectivity index (χ2v) is 3.25. The quantitative estimate of drug-likeness (QED) is 0.861. The molecule has 84 valence electrons. The Balaban J connectivity index is 3.32. The van der Waals surface area contributed by atoms with Crippen LogP contribution < -0.4 is 10.5 Å². The molecule has 0 aliphatic heterocycles. The normalized spacial score (nSPS) is 11.6. The van der Waals surface area contributed by atoms with Crippen LogP contribution in [0.2, 0.25) is 5.02 Å². The Labute approximate surface area is 89.8 Å². The number of nitrogens with two attached hydrogens (primary N) is 1. The molecule has 2 nitrogen and oxygen atoms in total. The molecule has 0 amide bonds. The van der Waals surface area contributed by atoms with Crippen LogP contribution in [0.1, 0.15) is 11.1 Å². The minimum atomic E-state index is -4.44. The number of benzene rings is 1. The summed E-state index contributed by atoms with van der Waals surface area (Å²) >= 11 is 5.66. The molecule has 1 aromatic rings. The number of alkyl halides is 3. The first-order valence-electron chi connectivity index (χ1n) is 4.03.